The van der Waals surface area contributed by atoms with Gasteiger partial charge < -0.3 is 15.9 Å². The van der Waals surface area contributed by atoms with Crippen LogP contribution in [-0.4, -0.2) is 22.2 Å². The Morgan fingerprint density at radius 1 is 1.10 bits per heavy atom. The number of aryl methyl sites for hydroxylation is 1. The summed E-state index contributed by atoms with van der Waals surface area (Å²) in [5.41, 5.74) is 7.21. The van der Waals surface area contributed by atoms with Crippen molar-refractivity contribution < 1.29 is 19.8 Å². The van der Waals surface area contributed by atoms with E-state index in [0.29, 0.717) is 21.0 Å². The van der Waals surface area contributed by atoms with E-state index in [4.69, 9.17) is 10.8 Å². The first-order valence-corrected chi connectivity index (χ1v) is 6.85. The van der Waals surface area contributed by atoms with Gasteiger partial charge in [0.05, 0.1) is 11.1 Å². The van der Waals surface area contributed by atoms with Crippen molar-refractivity contribution in [3.05, 3.63) is 53.1 Å². The summed E-state index contributed by atoms with van der Waals surface area (Å²) in [7, 11) is 0. The second-order valence-corrected chi connectivity index (χ2v) is 5.47. The summed E-state index contributed by atoms with van der Waals surface area (Å²) < 4.78 is 0. The van der Waals surface area contributed by atoms with Gasteiger partial charge in [0, 0.05) is 15.5 Å². The smallest absolute Gasteiger partial charge is 0.336 e. The van der Waals surface area contributed by atoms with Crippen LogP contribution in [0.1, 0.15) is 26.3 Å². The summed E-state index contributed by atoms with van der Waals surface area (Å²) in [6.07, 6.45) is 0. The minimum absolute atomic E-state index is 0.112. The van der Waals surface area contributed by atoms with Crippen molar-refractivity contribution in [1.82, 2.24) is 0 Å². The first kappa shape index (κ1) is 14.9. The summed E-state index contributed by atoms with van der Waals surface area (Å²) in [5, 5.41) is 18.2. The molecule has 0 aromatic heterocycles. The maximum absolute atomic E-state index is 11.2. The van der Waals surface area contributed by atoms with Gasteiger partial charge in [-0.05, 0) is 36.8 Å². The minimum atomic E-state index is -1.05. The molecule has 0 amide bonds. The summed E-state index contributed by atoms with van der Waals surface area (Å²) in [6.45, 7) is 1.74. The van der Waals surface area contributed by atoms with E-state index in [2.05, 4.69) is 0 Å². The minimum Gasteiger partial charge on any atom is -0.478 e. The molecule has 108 valence electrons. The number of carboxylic acid groups (broad SMARTS) is 2. The van der Waals surface area contributed by atoms with Crippen LogP contribution >= 0.6 is 11.8 Å². The van der Waals surface area contributed by atoms with Gasteiger partial charge >= 0.3 is 11.9 Å². The highest BCUT2D eigenvalue weighted by Crippen LogP contribution is 2.37. The molecular weight excluding hydrogens is 290 g/mol. The highest BCUT2D eigenvalue weighted by Gasteiger charge is 2.15. The van der Waals surface area contributed by atoms with Gasteiger partial charge in [-0.3, -0.25) is 0 Å². The molecule has 0 radical (unpaired) electrons. The Balaban J connectivity index is 2.46. The van der Waals surface area contributed by atoms with E-state index in [1.807, 2.05) is 0 Å². The lowest BCUT2D eigenvalue weighted by molar-refractivity contribution is 0.0684. The summed E-state index contributed by atoms with van der Waals surface area (Å²) in [5.74, 6) is -2.07. The highest BCUT2D eigenvalue weighted by molar-refractivity contribution is 7.99. The van der Waals surface area contributed by atoms with Crippen molar-refractivity contribution in [2.24, 2.45) is 0 Å². The molecule has 4 N–H and O–H groups in total. The topological polar surface area (TPSA) is 101 Å². The predicted octanol–water partition coefficient (Wildman–Crippen LogP) is 3.12. The van der Waals surface area contributed by atoms with Crippen molar-refractivity contribution in [1.29, 1.82) is 0 Å². The molecule has 2 aromatic carbocycles. The average Bonchev–Trinajstić information content (AvgIpc) is 2.42. The van der Waals surface area contributed by atoms with Crippen LogP contribution in [-0.2, 0) is 0 Å². The molecule has 2 aromatic rings. The van der Waals surface area contributed by atoms with Crippen LogP contribution in [0.3, 0.4) is 0 Å². The van der Waals surface area contributed by atoms with E-state index in [1.165, 1.54) is 30.0 Å². The Bertz CT molecular complexity index is 704. The molecule has 0 saturated heterocycles. The van der Waals surface area contributed by atoms with E-state index in [0.717, 1.165) is 0 Å². The lowest BCUT2D eigenvalue weighted by Crippen LogP contribution is -2.02. The first-order chi connectivity index (χ1) is 9.90. The zero-order valence-electron chi connectivity index (χ0n) is 11.2. The number of carbonyl (C=O) groups is 2. The van der Waals surface area contributed by atoms with Crippen LogP contribution in [0.25, 0.3) is 0 Å². The number of rotatable bonds is 4. The van der Waals surface area contributed by atoms with Crippen LogP contribution in [0.2, 0.25) is 0 Å². The lowest BCUT2D eigenvalue weighted by atomic mass is 10.1. The third-order valence-corrected chi connectivity index (χ3v) is 4.22. The van der Waals surface area contributed by atoms with E-state index in [1.54, 1.807) is 25.1 Å². The molecule has 0 fully saturated rings. The molecule has 0 aliphatic heterocycles. The summed E-state index contributed by atoms with van der Waals surface area (Å²) in [6, 6.07) is 9.49. The number of hydrogen-bond donors (Lipinski definition) is 3. The fourth-order valence-electron chi connectivity index (χ4n) is 1.91. The number of aromatic carboxylic acids is 2. The second kappa shape index (κ2) is 5.88. The molecule has 6 heteroatoms. The molecule has 0 spiro atoms. The first-order valence-electron chi connectivity index (χ1n) is 6.03. The lowest BCUT2D eigenvalue weighted by Gasteiger charge is -2.12. The van der Waals surface area contributed by atoms with E-state index >= 15 is 0 Å². The van der Waals surface area contributed by atoms with Gasteiger partial charge in [-0.1, -0.05) is 23.9 Å². The molecule has 21 heavy (non-hydrogen) atoms. The van der Waals surface area contributed by atoms with Gasteiger partial charge in [-0.25, -0.2) is 9.59 Å². The zero-order chi connectivity index (χ0) is 15.6. The molecule has 0 aliphatic rings. The Morgan fingerprint density at radius 2 is 1.76 bits per heavy atom. The van der Waals surface area contributed by atoms with Gasteiger partial charge in [0.15, 0.2) is 0 Å². The predicted molar refractivity (Wildman–Crippen MR) is 80.1 cm³/mol. The number of nitrogen functional groups attached to an aromatic ring is 1. The Morgan fingerprint density at radius 3 is 2.33 bits per heavy atom. The van der Waals surface area contributed by atoms with Crippen molar-refractivity contribution in [3.63, 3.8) is 0 Å². The summed E-state index contributed by atoms with van der Waals surface area (Å²) >= 11 is 1.22. The summed E-state index contributed by atoms with van der Waals surface area (Å²) in [4.78, 5) is 23.4. The highest BCUT2D eigenvalue weighted by atomic mass is 32.2. The number of benzene rings is 2. The maximum Gasteiger partial charge on any atom is 0.336 e. The molecule has 0 unspecified atom stereocenters. The van der Waals surface area contributed by atoms with Crippen LogP contribution < -0.4 is 5.73 Å². The largest absolute Gasteiger partial charge is 0.478 e. The third kappa shape index (κ3) is 3.17. The monoisotopic (exact) mass is 303 g/mol. The van der Waals surface area contributed by atoms with Crippen LogP contribution in [0.5, 0.6) is 0 Å². The molecule has 0 heterocycles. The van der Waals surface area contributed by atoms with Gasteiger partial charge in [0.2, 0.25) is 0 Å². The van der Waals surface area contributed by atoms with Crippen molar-refractivity contribution >= 4 is 29.4 Å². The molecule has 2 rings (SSSR count). The SMILES string of the molecule is Cc1cc(C(=O)O)cc(N)c1Sc1ccccc1C(=O)O. The van der Waals surface area contributed by atoms with Crippen molar-refractivity contribution in [3.8, 4) is 0 Å². The maximum atomic E-state index is 11.2. The molecule has 5 nitrogen and oxygen atoms in total. The van der Waals surface area contributed by atoms with Gasteiger partial charge in [-0.15, -0.1) is 0 Å². The quantitative estimate of drug-likeness (QED) is 0.750. The molecule has 0 bridgehead atoms. The standard InChI is InChI=1S/C15H13NO4S/c1-8-6-9(14(17)18)7-11(16)13(8)21-12-5-3-2-4-10(12)15(19)20/h2-7H,16H2,1H3,(H,17,18)(H,19,20). The van der Waals surface area contributed by atoms with Crippen LogP contribution in [0.15, 0.2) is 46.2 Å². The van der Waals surface area contributed by atoms with E-state index in [-0.39, 0.29) is 11.1 Å². The normalized spacial score (nSPS) is 10.3. The fraction of sp³-hybridized carbons (Fsp3) is 0.0667. The molecule has 0 atom stereocenters. The van der Waals surface area contributed by atoms with Crippen molar-refractivity contribution in [2.45, 2.75) is 16.7 Å². The Hall–Kier alpha value is -2.47. The second-order valence-electron chi connectivity index (χ2n) is 4.42. The third-order valence-electron chi connectivity index (χ3n) is 2.88. The Kier molecular flexibility index (Phi) is 4.18. The zero-order valence-corrected chi connectivity index (χ0v) is 12.0. The van der Waals surface area contributed by atoms with Crippen LogP contribution in [0.4, 0.5) is 5.69 Å². The van der Waals surface area contributed by atoms with Gasteiger partial charge in [0.1, 0.15) is 0 Å². The number of carboxylic acids is 2. The van der Waals surface area contributed by atoms with E-state index < -0.39 is 11.9 Å². The van der Waals surface area contributed by atoms with E-state index in [9.17, 15) is 14.7 Å². The molecule has 0 aliphatic carbocycles. The van der Waals surface area contributed by atoms with Crippen LogP contribution in [0, 0.1) is 6.92 Å². The Labute approximate surface area is 125 Å². The molecular formula is C15H13NO4S. The van der Waals surface area contributed by atoms with Gasteiger partial charge in [0.25, 0.3) is 0 Å². The molecule has 0 saturated carbocycles. The average molecular weight is 303 g/mol. The number of nitrogens with two attached hydrogens (primary N) is 1. The fourth-order valence-corrected chi connectivity index (χ4v) is 2.93. The van der Waals surface area contributed by atoms with Gasteiger partial charge in [-0.2, -0.15) is 0 Å². The van der Waals surface area contributed by atoms with Crippen molar-refractivity contribution in [2.75, 3.05) is 5.73 Å². The number of anilines is 1. The number of hydrogen-bond acceptors (Lipinski definition) is 4.